The molecular formula is C32H48F2N2O4. The second-order valence-electron chi connectivity index (χ2n) is 10.2. The Hall–Kier alpha value is -2.84. The van der Waals surface area contributed by atoms with Gasteiger partial charge >= 0.3 is 0 Å². The number of aryl methyl sites for hydroxylation is 2. The van der Waals surface area contributed by atoms with E-state index >= 15 is 0 Å². The predicted octanol–water partition coefficient (Wildman–Crippen LogP) is 6.61. The van der Waals surface area contributed by atoms with E-state index in [1.807, 2.05) is 31.7 Å². The highest BCUT2D eigenvalue weighted by Gasteiger charge is 2.17. The van der Waals surface area contributed by atoms with Gasteiger partial charge in [-0.2, -0.15) is 0 Å². The molecule has 0 heterocycles. The molecular weight excluding hydrogens is 514 g/mol. The molecule has 2 aromatic carbocycles. The Morgan fingerprint density at radius 3 is 2.00 bits per heavy atom. The minimum absolute atomic E-state index is 0.0439. The zero-order chi connectivity index (χ0) is 29.9. The van der Waals surface area contributed by atoms with Gasteiger partial charge in [0.25, 0.3) is 11.8 Å². The first-order valence-corrected chi connectivity index (χ1v) is 14.5. The van der Waals surface area contributed by atoms with Gasteiger partial charge in [-0.15, -0.1) is 0 Å². The second kappa shape index (κ2) is 20.1. The summed E-state index contributed by atoms with van der Waals surface area (Å²) in [7, 11) is 0. The summed E-state index contributed by atoms with van der Waals surface area (Å²) in [4.78, 5) is 27.3. The molecule has 1 atom stereocenters. The van der Waals surface area contributed by atoms with E-state index in [-0.39, 0.29) is 18.4 Å². The zero-order valence-corrected chi connectivity index (χ0v) is 24.9. The third kappa shape index (κ3) is 14.5. The smallest absolute Gasteiger partial charge is 0.253 e. The van der Waals surface area contributed by atoms with Crippen LogP contribution in [0.5, 0.6) is 0 Å². The van der Waals surface area contributed by atoms with Crippen LogP contribution in [0.1, 0.15) is 97.6 Å². The van der Waals surface area contributed by atoms with E-state index in [4.69, 9.17) is 4.74 Å². The maximum Gasteiger partial charge on any atom is 0.253 e. The van der Waals surface area contributed by atoms with Crippen LogP contribution in [0.4, 0.5) is 8.78 Å². The first-order valence-electron chi connectivity index (χ1n) is 14.5. The highest BCUT2D eigenvalue weighted by Crippen LogP contribution is 2.14. The maximum absolute atomic E-state index is 12.9. The van der Waals surface area contributed by atoms with Gasteiger partial charge in [0, 0.05) is 50.0 Å². The Morgan fingerprint density at radius 1 is 0.825 bits per heavy atom. The van der Waals surface area contributed by atoms with Gasteiger partial charge in [0.15, 0.2) is 0 Å². The number of amides is 2. The zero-order valence-electron chi connectivity index (χ0n) is 24.9. The number of hydrogen-bond donors (Lipinski definition) is 2. The lowest BCUT2D eigenvalue weighted by atomic mass is 10.0. The number of aliphatic hydroxyl groups excluding tert-OH is 1. The highest BCUT2D eigenvalue weighted by atomic mass is 19.1. The summed E-state index contributed by atoms with van der Waals surface area (Å²) in [5, 5.41) is 12.9. The minimum Gasteiger partial charge on any atom is -0.391 e. The monoisotopic (exact) mass is 562 g/mol. The van der Waals surface area contributed by atoms with E-state index in [1.54, 1.807) is 19.1 Å². The molecule has 224 valence electrons. The van der Waals surface area contributed by atoms with Crippen molar-refractivity contribution in [3.05, 3.63) is 70.3 Å². The summed E-state index contributed by atoms with van der Waals surface area (Å²) in [5.41, 5.74) is 2.44. The van der Waals surface area contributed by atoms with Crippen LogP contribution < -0.4 is 5.32 Å². The van der Waals surface area contributed by atoms with Crippen molar-refractivity contribution in [3.8, 4) is 0 Å². The summed E-state index contributed by atoms with van der Waals surface area (Å²) in [6.45, 7) is 12.6. The van der Waals surface area contributed by atoms with E-state index in [2.05, 4.69) is 12.2 Å². The van der Waals surface area contributed by atoms with Gasteiger partial charge in [-0.1, -0.05) is 40.0 Å². The Balaban J connectivity index is 0.000000747. The average Bonchev–Trinajstić information content (AvgIpc) is 2.90. The molecule has 2 rings (SSSR count). The number of halogens is 2. The molecule has 0 saturated heterocycles. The molecule has 0 aromatic heterocycles. The molecule has 6 nitrogen and oxygen atoms in total. The Morgan fingerprint density at radius 2 is 1.43 bits per heavy atom. The number of hydrogen-bond acceptors (Lipinski definition) is 4. The van der Waals surface area contributed by atoms with Crippen LogP contribution in [-0.4, -0.2) is 60.8 Å². The van der Waals surface area contributed by atoms with Crippen molar-refractivity contribution in [1.82, 2.24) is 10.2 Å². The van der Waals surface area contributed by atoms with Gasteiger partial charge in [-0.25, -0.2) is 8.78 Å². The molecule has 0 spiro atoms. The molecule has 0 saturated carbocycles. The number of rotatable bonds is 16. The Bertz CT molecular complexity index is 975. The van der Waals surface area contributed by atoms with Crippen LogP contribution in [0.25, 0.3) is 0 Å². The number of carbonyl (C=O) groups is 2. The molecule has 1 unspecified atom stereocenters. The lowest BCUT2D eigenvalue weighted by Crippen LogP contribution is -2.34. The molecule has 40 heavy (non-hydrogen) atoms. The molecule has 8 heteroatoms. The maximum atomic E-state index is 12.9. The Kier molecular flexibility index (Phi) is 17.7. The van der Waals surface area contributed by atoms with Gasteiger partial charge in [-0.3, -0.25) is 9.59 Å². The lowest BCUT2D eigenvalue weighted by Gasteiger charge is -2.22. The quantitative estimate of drug-likeness (QED) is 0.226. The molecule has 0 aliphatic heterocycles. The molecule has 0 radical (unpaired) electrons. The number of aliphatic hydroxyl groups is 1. The highest BCUT2D eigenvalue weighted by molar-refractivity contribution is 6.00. The number of ether oxygens (including phenoxy) is 1. The molecule has 0 bridgehead atoms. The van der Waals surface area contributed by atoms with E-state index in [1.165, 1.54) is 31.4 Å². The molecule has 2 amide bonds. The van der Waals surface area contributed by atoms with Crippen molar-refractivity contribution in [2.45, 2.75) is 85.7 Å². The van der Waals surface area contributed by atoms with Crippen LogP contribution in [0.15, 0.2) is 36.4 Å². The van der Waals surface area contributed by atoms with E-state index in [9.17, 15) is 23.5 Å². The summed E-state index contributed by atoms with van der Waals surface area (Å²) in [5.74, 6) is -1.37. The molecule has 0 fully saturated rings. The largest absolute Gasteiger partial charge is 0.391 e. The molecule has 2 N–H and O–H groups in total. The van der Waals surface area contributed by atoms with Crippen molar-refractivity contribution in [3.63, 3.8) is 0 Å². The summed E-state index contributed by atoms with van der Waals surface area (Å²) in [6.07, 6.45) is 6.25. The van der Waals surface area contributed by atoms with Crippen LogP contribution >= 0.6 is 0 Å². The van der Waals surface area contributed by atoms with Crippen molar-refractivity contribution in [1.29, 1.82) is 0 Å². The number of nitrogens with zero attached hydrogens (tertiary/aromatic N) is 1. The van der Waals surface area contributed by atoms with E-state index < -0.39 is 17.7 Å². The minimum atomic E-state index is -0.657. The summed E-state index contributed by atoms with van der Waals surface area (Å²) in [6, 6.07) is 8.65. The molecule has 0 aliphatic rings. The molecule has 2 aromatic rings. The fraction of sp³-hybridized carbons (Fsp3) is 0.562. The summed E-state index contributed by atoms with van der Waals surface area (Å²) >= 11 is 0. The SMILES string of the molecule is CCCCCCOCCC(O)CNC(=O)c1cc(C)cc(C(=O)N(CCC)CCC)c1.Cc1cc(F)cc(F)c1. The number of carbonyl (C=O) groups excluding carboxylic acids is 2. The van der Waals surface area contributed by atoms with Crippen LogP contribution in [0.2, 0.25) is 0 Å². The van der Waals surface area contributed by atoms with E-state index in [0.29, 0.717) is 49.4 Å². The van der Waals surface area contributed by atoms with Gasteiger partial charge in [0.05, 0.1) is 6.10 Å². The van der Waals surface area contributed by atoms with Crippen molar-refractivity contribution in [2.75, 3.05) is 32.8 Å². The number of unbranched alkanes of at least 4 members (excludes halogenated alkanes) is 3. The average molecular weight is 563 g/mol. The van der Waals surface area contributed by atoms with Crippen LogP contribution in [-0.2, 0) is 4.74 Å². The third-order valence-electron chi connectivity index (χ3n) is 6.10. The topological polar surface area (TPSA) is 78.9 Å². The first kappa shape index (κ1) is 35.2. The molecule has 0 aliphatic carbocycles. The normalized spacial score (nSPS) is 11.4. The van der Waals surface area contributed by atoms with E-state index in [0.717, 1.165) is 30.9 Å². The van der Waals surface area contributed by atoms with Crippen LogP contribution in [0, 0.1) is 25.5 Å². The predicted molar refractivity (Wildman–Crippen MR) is 157 cm³/mol. The van der Waals surface area contributed by atoms with Crippen molar-refractivity contribution in [2.24, 2.45) is 0 Å². The fourth-order valence-electron chi connectivity index (χ4n) is 4.13. The number of benzene rings is 2. The Labute approximate surface area is 239 Å². The van der Waals surface area contributed by atoms with Gasteiger partial charge in [0.2, 0.25) is 0 Å². The first-order chi connectivity index (χ1) is 19.1. The second-order valence-corrected chi connectivity index (χ2v) is 10.2. The van der Waals surface area contributed by atoms with Gasteiger partial charge in [-0.05, 0) is 81.0 Å². The van der Waals surface area contributed by atoms with Crippen molar-refractivity contribution < 1.29 is 28.2 Å². The van der Waals surface area contributed by atoms with Crippen molar-refractivity contribution >= 4 is 11.8 Å². The number of nitrogens with one attached hydrogen (secondary N) is 1. The van der Waals surface area contributed by atoms with Gasteiger partial charge < -0.3 is 20.1 Å². The fourth-order valence-corrected chi connectivity index (χ4v) is 4.13. The third-order valence-corrected chi connectivity index (χ3v) is 6.10. The van der Waals surface area contributed by atoms with Gasteiger partial charge in [0.1, 0.15) is 11.6 Å². The summed E-state index contributed by atoms with van der Waals surface area (Å²) < 4.78 is 29.9. The standard InChI is InChI=1S/C25H42N2O4.C7H6F2/c1-5-8-9-10-14-31-15-11-23(28)19-26-24(29)21-16-20(4)17-22(18-21)25(30)27(12-6-2)13-7-3;1-5-2-6(8)4-7(9)3-5/h16-18,23,28H,5-15,19H2,1-4H3,(H,26,29);2-4H,1H3. The lowest BCUT2D eigenvalue weighted by molar-refractivity contribution is 0.0739. The van der Waals surface area contributed by atoms with Crippen LogP contribution in [0.3, 0.4) is 0 Å².